The van der Waals surface area contributed by atoms with Crippen molar-refractivity contribution < 1.29 is 4.74 Å². The van der Waals surface area contributed by atoms with Crippen LogP contribution < -0.4 is 5.32 Å². The van der Waals surface area contributed by atoms with Gasteiger partial charge < -0.3 is 14.6 Å². The molecule has 2 heterocycles. The molecule has 0 saturated carbocycles. The van der Waals surface area contributed by atoms with E-state index in [-0.39, 0.29) is 0 Å². The maximum atomic E-state index is 5.63. The Morgan fingerprint density at radius 3 is 3.17 bits per heavy atom. The molecule has 0 aromatic carbocycles. The van der Waals surface area contributed by atoms with Gasteiger partial charge in [-0.3, -0.25) is 0 Å². The molecule has 0 radical (unpaired) electrons. The van der Waals surface area contributed by atoms with Crippen molar-refractivity contribution in [3.05, 3.63) is 18.2 Å². The molecule has 1 aromatic heterocycles. The van der Waals surface area contributed by atoms with Crippen LogP contribution in [-0.4, -0.2) is 35.4 Å². The Bertz CT molecular complexity index is 351. The quantitative estimate of drug-likeness (QED) is 0.837. The molecule has 0 spiro atoms. The van der Waals surface area contributed by atoms with Crippen LogP contribution in [0, 0.1) is 5.92 Å². The lowest BCUT2D eigenvalue weighted by atomic mass is 9.91. The maximum Gasteiger partial charge on any atom is 0.108 e. The summed E-state index contributed by atoms with van der Waals surface area (Å²) in [5.41, 5.74) is 0. The Morgan fingerprint density at radius 2 is 2.44 bits per heavy atom. The molecule has 102 valence electrons. The van der Waals surface area contributed by atoms with Gasteiger partial charge in [0.05, 0.1) is 6.61 Å². The number of nitrogens with zero attached hydrogens (tertiary/aromatic N) is 2. The number of ether oxygens (including phenoxy) is 1. The first kappa shape index (κ1) is 13.6. The largest absolute Gasteiger partial charge is 0.381 e. The third-order valence-corrected chi connectivity index (χ3v) is 3.79. The van der Waals surface area contributed by atoms with Crippen molar-refractivity contribution in [3.63, 3.8) is 0 Å². The predicted molar refractivity (Wildman–Crippen MR) is 72.5 cm³/mol. The fraction of sp³-hybridized carbons (Fsp3) is 0.786. The summed E-state index contributed by atoms with van der Waals surface area (Å²) in [5, 5.41) is 3.66. The number of nitrogens with one attached hydrogen (secondary N) is 1. The van der Waals surface area contributed by atoms with Gasteiger partial charge in [-0.15, -0.1) is 0 Å². The second-order valence-corrected chi connectivity index (χ2v) is 5.18. The van der Waals surface area contributed by atoms with Gasteiger partial charge in [-0.25, -0.2) is 4.98 Å². The van der Waals surface area contributed by atoms with Gasteiger partial charge >= 0.3 is 0 Å². The number of aromatic nitrogens is 2. The lowest BCUT2D eigenvalue weighted by Gasteiger charge is -2.32. The first-order valence-corrected chi connectivity index (χ1v) is 7.08. The summed E-state index contributed by atoms with van der Waals surface area (Å²) in [6, 6.07) is 0.624. The van der Waals surface area contributed by atoms with Gasteiger partial charge in [0.15, 0.2) is 0 Å². The van der Waals surface area contributed by atoms with E-state index >= 15 is 0 Å². The molecule has 2 unspecified atom stereocenters. The molecule has 0 amide bonds. The summed E-state index contributed by atoms with van der Waals surface area (Å²) in [6.07, 6.45) is 8.43. The zero-order valence-corrected chi connectivity index (χ0v) is 11.6. The van der Waals surface area contributed by atoms with Gasteiger partial charge in [-0.1, -0.05) is 6.92 Å². The fourth-order valence-electron chi connectivity index (χ4n) is 2.63. The molecule has 18 heavy (non-hydrogen) atoms. The smallest absolute Gasteiger partial charge is 0.108 e. The van der Waals surface area contributed by atoms with Crippen LogP contribution in [0.3, 0.4) is 0 Å². The zero-order chi connectivity index (χ0) is 12.8. The Hall–Kier alpha value is -0.870. The van der Waals surface area contributed by atoms with E-state index in [0.29, 0.717) is 12.0 Å². The molecule has 2 rings (SSSR count). The van der Waals surface area contributed by atoms with Crippen LogP contribution in [-0.2, 0) is 18.2 Å². The van der Waals surface area contributed by atoms with Crippen molar-refractivity contribution in [3.8, 4) is 0 Å². The van der Waals surface area contributed by atoms with E-state index in [2.05, 4.69) is 28.8 Å². The van der Waals surface area contributed by atoms with Crippen LogP contribution in [0.5, 0.6) is 0 Å². The molecule has 0 aliphatic carbocycles. The van der Waals surface area contributed by atoms with Crippen molar-refractivity contribution >= 4 is 0 Å². The van der Waals surface area contributed by atoms with E-state index in [1.807, 2.05) is 12.4 Å². The predicted octanol–water partition coefficient (Wildman–Crippen LogP) is 1.76. The van der Waals surface area contributed by atoms with Crippen molar-refractivity contribution in [2.24, 2.45) is 13.0 Å². The number of aryl methyl sites for hydroxylation is 2. The van der Waals surface area contributed by atoms with E-state index in [0.717, 1.165) is 39.0 Å². The second kappa shape index (κ2) is 6.90. The van der Waals surface area contributed by atoms with Crippen LogP contribution in [0.1, 0.15) is 32.0 Å². The highest BCUT2D eigenvalue weighted by Crippen LogP contribution is 2.20. The minimum absolute atomic E-state index is 0.624. The number of rotatable bonds is 6. The van der Waals surface area contributed by atoms with Gasteiger partial charge in [0.25, 0.3) is 0 Å². The molecule has 1 saturated heterocycles. The van der Waals surface area contributed by atoms with E-state index in [4.69, 9.17) is 4.74 Å². The lowest BCUT2D eigenvalue weighted by molar-refractivity contribution is 0.0287. The van der Waals surface area contributed by atoms with E-state index in [9.17, 15) is 0 Å². The summed E-state index contributed by atoms with van der Waals surface area (Å²) in [6.45, 7) is 5.13. The molecule has 2 atom stereocenters. The van der Waals surface area contributed by atoms with E-state index in [1.54, 1.807) is 0 Å². The topological polar surface area (TPSA) is 39.1 Å². The molecule has 4 heteroatoms. The molecule has 1 aliphatic rings. The average molecular weight is 251 g/mol. The summed E-state index contributed by atoms with van der Waals surface area (Å²) >= 11 is 0. The fourth-order valence-corrected chi connectivity index (χ4v) is 2.63. The van der Waals surface area contributed by atoms with Crippen LogP contribution in [0.2, 0.25) is 0 Å². The Labute approximate surface area is 110 Å². The van der Waals surface area contributed by atoms with Crippen LogP contribution in [0.4, 0.5) is 0 Å². The number of hydrogen-bond acceptors (Lipinski definition) is 3. The number of imidazole rings is 1. The Balaban J connectivity index is 1.83. The highest BCUT2D eigenvalue weighted by atomic mass is 16.5. The monoisotopic (exact) mass is 251 g/mol. The molecule has 0 bridgehead atoms. The molecule has 1 aromatic rings. The third-order valence-electron chi connectivity index (χ3n) is 3.79. The van der Waals surface area contributed by atoms with Gasteiger partial charge in [-0.2, -0.15) is 0 Å². The molecular formula is C14H25N3O. The molecular weight excluding hydrogens is 226 g/mol. The van der Waals surface area contributed by atoms with Gasteiger partial charge in [0, 0.05) is 38.5 Å². The normalized spacial score (nSPS) is 24.3. The minimum atomic E-state index is 0.624. The van der Waals surface area contributed by atoms with E-state index in [1.165, 1.54) is 12.2 Å². The van der Waals surface area contributed by atoms with E-state index < -0.39 is 0 Å². The number of hydrogen-bond donors (Lipinski definition) is 1. The Kier molecular flexibility index (Phi) is 5.20. The average Bonchev–Trinajstić information content (AvgIpc) is 2.80. The van der Waals surface area contributed by atoms with Crippen LogP contribution in [0.25, 0.3) is 0 Å². The minimum Gasteiger partial charge on any atom is -0.381 e. The standard InChI is InChI=1S/C14H25N3O/c1-3-7-15-13-6-10-18-11-12(13)4-5-14-16-8-9-17(14)2/h8-9,12-13,15H,3-7,10-11H2,1-2H3. The molecule has 1 N–H and O–H groups in total. The van der Waals surface area contributed by atoms with Gasteiger partial charge in [0.2, 0.25) is 0 Å². The van der Waals surface area contributed by atoms with Crippen LogP contribution in [0.15, 0.2) is 12.4 Å². The summed E-state index contributed by atoms with van der Waals surface area (Å²) < 4.78 is 7.73. The van der Waals surface area contributed by atoms with Crippen molar-refractivity contribution in [1.82, 2.24) is 14.9 Å². The zero-order valence-electron chi connectivity index (χ0n) is 11.6. The molecule has 1 aliphatic heterocycles. The molecule has 4 nitrogen and oxygen atoms in total. The lowest BCUT2D eigenvalue weighted by Crippen LogP contribution is -2.43. The van der Waals surface area contributed by atoms with Gasteiger partial charge in [0.1, 0.15) is 5.82 Å². The van der Waals surface area contributed by atoms with Crippen LogP contribution >= 0.6 is 0 Å². The van der Waals surface area contributed by atoms with Crippen molar-refractivity contribution in [1.29, 1.82) is 0 Å². The summed E-state index contributed by atoms with van der Waals surface area (Å²) in [5.74, 6) is 1.80. The highest BCUT2D eigenvalue weighted by Gasteiger charge is 2.25. The molecule has 1 fully saturated rings. The SMILES string of the molecule is CCCNC1CCOCC1CCc1nccn1C. The Morgan fingerprint density at radius 1 is 1.56 bits per heavy atom. The highest BCUT2D eigenvalue weighted by molar-refractivity contribution is 4.92. The summed E-state index contributed by atoms with van der Waals surface area (Å²) in [7, 11) is 2.06. The first-order chi connectivity index (χ1) is 8.81. The van der Waals surface area contributed by atoms with Crippen molar-refractivity contribution in [2.45, 2.75) is 38.6 Å². The second-order valence-electron chi connectivity index (χ2n) is 5.18. The first-order valence-electron chi connectivity index (χ1n) is 7.08. The maximum absolute atomic E-state index is 5.63. The third kappa shape index (κ3) is 3.56. The summed E-state index contributed by atoms with van der Waals surface area (Å²) in [4.78, 5) is 4.39. The van der Waals surface area contributed by atoms with Gasteiger partial charge in [-0.05, 0) is 31.7 Å². The van der Waals surface area contributed by atoms with Crippen molar-refractivity contribution in [2.75, 3.05) is 19.8 Å².